The highest BCUT2D eigenvalue weighted by atomic mass is 35.5. The average molecular weight is 287 g/mol. The van der Waals surface area contributed by atoms with Crippen molar-refractivity contribution in [1.29, 1.82) is 0 Å². The summed E-state index contributed by atoms with van der Waals surface area (Å²) in [4.78, 5) is 12.0. The molecule has 1 aromatic carbocycles. The number of aliphatic hydroxyl groups is 1. The van der Waals surface area contributed by atoms with Crippen molar-refractivity contribution in [2.45, 2.75) is 25.1 Å². The van der Waals surface area contributed by atoms with Crippen molar-refractivity contribution in [3.05, 3.63) is 35.9 Å². The Labute approximate surface area is 118 Å². The molecule has 3 N–H and O–H groups in total. The van der Waals surface area contributed by atoms with Crippen molar-refractivity contribution in [2.24, 2.45) is 0 Å². The molecule has 1 amide bonds. The van der Waals surface area contributed by atoms with Gasteiger partial charge in [-0.25, -0.2) is 4.79 Å². The second-order valence-electron chi connectivity index (χ2n) is 4.56. The maximum Gasteiger partial charge on any atom is 0.407 e. The zero-order chi connectivity index (χ0) is 13.0. The number of benzene rings is 1. The molecular weight excluding hydrogens is 268 g/mol. The van der Waals surface area contributed by atoms with E-state index in [2.05, 4.69) is 5.32 Å². The number of halogens is 1. The Morgan fingerprint density at radius 1 is 1.37 bits per heavy atom. The van der Waals surface area contributed by atoms with E-state index >= 15 is 0 Å². The summed E-state index contributed by atoms with van der Waals surface area (Å²) < 4.78 is 0. The number of likely N-dealkylation sites (tertiary alicyclic amines) is 1. The van der Waals surface area contributed by atoms with Gasteiger partial charge in [0.25, 0.3) is 0 Å². The number of rotatable bonds is 3. The lowest BCUT2D eigenvalue weighted by atomic mass is 10.0. The van der Waals surface area contributed by atoms with E-state index in [0.717, 1.165) is 5.56 Å². The maximum absolute atomic E-state index is 10.8. The second kappa shape index (κ2) is 7.33. The third-order valence-electron chi connectivity index (χ3n) is 3.26. The molecule has 0 unspecified atom stereocenters. The molecule has 0 radical (unpaired) electrons. The number of carbonyl (C=O) groups is 1. The number of nitrogens with zero attached hydrogens (tertiary/aromatic N) is 1. The van der Waals surface area contributed by atoms with Crippen LogP contribution in [0.3, 0.4) is 0 Å². The minimum absolute atomic E-state index is 0. The van der Waals surface area contributed by atoms with E-state index < -0.39 is 12.2 Å². The highest BCUT2D eigenvalue weighted by molar-refractivity contribution is 5.85. The molecule has 0 aliphatic carbocycles. The Morgan fingerprint density at radius 2 is 2.05 bits per heavy atom. The minimum atomic E-state index is -0.962. The van der Waals surface area contributed by atoms with Gasteiger partial charge in [0.1, 0.15) is 0 Å². The van der Waals surface area contributed by atoms with E-state index in [1.807, 2.05) is 30.3 Å². The van der Waals surface area contributed by atoms with E-state index in [1.54, 1.807) is 0 Å². The van der Waals surface area contributed by atoms with Crippen LogP contribution in [0.15, 0.2) is 30.3 Å². The second-order valence-corrected chi connectivity index (χ2v) is 4.56. The normalized spacial score (nSPS) is 22.7. The largest absolute Gasteiger partial charge is 0.465 e. The van der Waals surface area contributed by atoms with Crippen molar-refractivity contribution < 1.29 is 15.0 Å². The molecule has 1 heterocycles. The van der Waals surface area contributed by atoms with Gasteiger partial charge in [-0.05, 0) is 12.0 Å². The van der Waals surface area contributed by atoms with Crippen LogP contribution < -0.4 is 5.32 Å². The number of nitrogens with one attached hydrogen (secondary N) is 1. The number of aliphatic hydroxyl groups excluding tert-OH is 1. The van der Waals surface area contributed by atoms with E-state index in [-0.39, 0.29) is 25.0 Å². The lowest BCUT2D eigenvalue weighted by molar-refractivity contribution is 0.0407. The first kappa shape index (κ1) is 15.8. The molecule has 0 spiro atoms. The van der Waals surface area contributed by atoms with Gasteiger partial charge in [-0.15, -0.1) is 12.4 Å². The van der Waals surface area contributed by atoms with Gasteiger partial charge in [-0.3, -0.25) is 0 Å². The molecular formula is C13H19ClN2O3. The zero-order valence-electron chi connectivity index (χ0n) is 10.5. The first-order valence-electron chi connectivity index (χ1n) is 6.10. The standard InChI is InChI=1S/C13H18N2O3.ClH/c16-12-9-15(13(17)18)7-6-11(12)14-8-10-4-2-1-3-5-10;/h1-5,11-12,14,16H,6-9H2,(H,17,18);1H/t11-,12+;/m0./s1. The molecule has 19 heavy (non-hydrogen) atoms. The monoisotopic (exact) mass is 286 g/mol. The third kappa shape index (κ3) is 4.38. The van der Waals surface area contributed by atoms with Crippen LogP contribution in [0.25, 0.3) is 0 Å². The fraction of sp³-hybridized carbons (Fsp3) is 0.462. The van der Waals surface area contributed by atoms with Crippen molar-refractivity contribution in [2.75, 3.05) is 13.1 Å². The molecule has 1 saturated heterocycles. The summed E-state index contributed by atoms with van der Waals surface area (Å²) in [6, 6.07) is 9.91. The summed E-state index contributed by atoms with van der Waals surface area (Å²) in [7, 11) is 0. The Kier molecular flexibility index (Phi) is 6.08. The van der Waals surface area contributed by atoms with Crippen LogP contribution in [0.4, 0.5) is 4.79 Å². The molecule has 1 aliphatic rings. The first-order valence-corrected chi connectivity index (χ1v) is 6.10. The van der Waals surface area contributed by atoms with Crippen LogP contribution in [0.2, 0.25) is 0 Å². The van der Waals surface area contributed by atoms with Crippen LogP contribution >= 0.6 is 12.4 Å². The van der Waals surface area contributed by atoms with Gasteiger partial charge in [-0.1, -0.05) is 30.3 Å². The predicted octanol–water partition coefficient (Wildman–Crippen LogP) is 1.31. The lowest BCUT2D eigenvalue weighted by Gasteiger charge is -2.34. The Balaban J connectivity index is 0.00000180. The number of hydrogen-bond acceptors (Lipinski definition) is 3. The van der Waals surface area contributed by atoms with Crippen molar-refractivity contribution in [1.82, 2.24) is 10.2 Å². The first-order chi connectivity index (χ1) is 8.66. The van der Waals surface area contributed by atoms with Gasteiger partial charge in [0.15, 0.2) is 0 Å². The van der Waals surface area contributed by atoms with E-state index in [4.69, 9.17) is 5.11 Å². The molecule has 1 aliphatic heterocycles. The molecule has 0 aromatic heterocycles. The van der Waals surface area contributed by atoms with Crippen molar-refractivity contribution >= 4 is 18.5 Å². The van der Waals surface area contributed by atoms with Crippen LogP contribution in [0.5, 0.6) is 0 Å². The number of β-amino-alcohol motifs (C(OH)–C–C–N with tert-alkyl or cyclic N) is 1. The molecule has 6 heteroatoms. The predicted molar refractivity (Wildman–Crippen MR) is 74.5 cm³/mol. The molecule has 0 bridgehead atoms. The number of piperidine rings is 1. The Hall–Kier alpha value is -1.30. The van der Waals surface area contributed by atoms with E-state index in [9.17, 15) is 9.90 Å². The smallest absolute Gasteiger partial charge is 0.407 e. The SMILES string of the molecule is Cl.O=C(O)N1CC[C@H](NCc2ccccc2)[C@H](O)C1. The maximum atomic E-state index is 10.8. The summed E-state index contributed by atoms with van der Waals surface area (Å²) in [5.41, 5.74) is 1.16. The van der Waals surface area contributed by atoms with Crippen LogP contribution in [-0.4, -0.2) is 46.4 Å². The topological polar surface area (TPSA) is 72.8 Å². The van der Waals surface area contributed by atoms with E-state index in [1.165, 1.54) is 4.90 Å². The summed E-state index contributed by atoms with van der Waals surface area (Å²) in [6.07, 6.45) is -0.963. The van der Waals surface area contributed by atoms with Crippen molar-refractivity contribution in [3.8, 4) is 0 Å². The summed E-state index contributed by atoms with van der Waals surface area (Å²) in [5.74, 6) is 0. The van der Waals surface area contributed by atoms with Gasteiger partial charge < -0.3 is 20.4 Å². The minimum Gasteiger partial charge on any atom is -0.465 e. The van der Waals surface area contributed by atoms with Crippen LogP contribution in [-0.2, 0) is 6.54 Å². The average Bonchev–Trinajstić information content (AvgIpc) is 2.38. The van der Waals surface area contributed by atoms with Crippen molar-refractivity contribution in [3.63, 3.8) is 0 Å². The highest BCUT2D eigenvalue weighted by Crippen LogP contribution is 2.12. The number of amides is 1. The van der Waals surface area contributed by atoms with Gasteiger partial charge in [0, 0.05) is 19.1 Å². The van der Waals surface area contributed by atoms with Crippen LogP contribution in [0, 0.1) is 0 Å². The van der Waals surface area contributed by atoms with Crippen LogP contribution in [0.1, 0.15) is 12.0 Å². The molecule has 2 rings (SSSR count). The highest BCUT2D eigenvalue weighted by Gasteiger charge is 2.29. The molecule has 106 valence electrons. The summed E-state index contributed by atoms with van der Waals surface area (Å²) in [6.45, 7) is 1.34. The fourth-order valence-electron chi connectivity index (χ4n) is 2.19. The molecule has 1 aromatic rings. The van der Waals surface area contributed by atoms with Gasteiger partial charge >= 0.3 is 6.09 Å². The molecule has 5 nitrogen and oxygen atoms in total. The van der Waals surface area contributed by atoms with Gasteiger partial charge in [-0.2, -0.15) is 0 Å². The number of hydrogen-bond donors (Lipinski definition) is 3. The van der Waals surface area contributed by atoms with E-state index in [0.29, 0.717) is 19.5 Å². The Bertz CT molecular complexity index is 402. The molecule has 0 saturated carbocycles. The third-order valence-corrected chi connectivity index (χ3v) is 3.26. The fourth-order valence-corrected chi connectivity index (χ4v) is 2.19. The van der Waals surface area contributed by atoms with Gasteiger partial charge in [0.2, 0.25) is 0 Å². The molecule has 2 atom stereocenters. The lowest BCUT2D eigenvalue weighted by Crippen LogP contribution is -2.53. The Morgan fingerprint density at radius 3 is 2.63 bits per heavy atom. The van der Waals surface area contributed by atoms with Gasteiger partial charge in [0.05, 0.1) is 12.6 Å². The molecule has 1 fully saturated rings. The number of carboxylic acid groups (broad SMARTS) is 1. The summed E-state index contributed by atoms with van der Waals surface area (Å²) >= 11 is 0. The zero-order valence-corrected chi connectivity index (χ0v) is 11.3. The quantitative estimate of drug-likeness (QED) is 0.783. The summed E-state index contributed by atoms with van der Waals surface area (Å²) in [5, 5.41) is 22.0.